The van der Waals surface area contributed by atoms with Gasteiger partial charge in [0.15, 0.2) is 0 Å². The van der Waals surface area contributed by atoms with Crippen LogP contribution in [-0.2, 0) is 4.79 Å². The summed E-state index contributed by atoms with van der Waals surface area (Å²) >= 11 is 0. The molecule has 1 aromatic carbocycles. The summed E-state index contributed by atoms with van der Waals surface area (Å²) in [6, 6.07) is 6.17. The van der Waals surface area contributed by atoms with Gasteiger partial charge in [0.25, 0.3) is 0 Å². The number of carboxylic acids is 1. The van der Waals surface area contributed by atoms with Gasteiger partial charge in [0.05, 0.1) is 5.92 Å². The molecule has 1 aliphatic heterocycles. The Labute approximate surface area is 114 Å². The fourth-order valence-corrected chi connectivity index (χ4v) is 2.38. The second kappa shape index (κ2) is 6.06. The van der Waals surface area contributed by atoms with Gasteiger partial charge in [-0.05, 0) is 44.0 Å². The summed E-state index contributed by atoms with van der Waals surface area (Å²) in [5.74, 6) is 0.0348. The van der Waals surface area contributed by atoms with Crippen molar-refractivity contribution in [1.29, 1.82) is 0 Å². The maximum Gasteiger partial charge on any atom is 0.307 e. The van der Waals surface area contributed by atoms with Gasteiger partial charge in [-0.1, -0.05) is 12.1 Å². The molecular weight excluding hydrogens is 242 g/mol. The van der Waals surface area contributed by atoms with Crippen molar-refractivity contribution in [3.8, 4) is 5.75 Å². The van der Waals surface area contributed by atoms with Crippen molar-refractivity contribution < 1.29 is 14.6 Å². The molecule has 1 aliphatic rings. The van der Waals surface area contributed by atoms with Crippen molar-refractivity contribution in [2.75, 3.05) is 26.2 Å². The molecule has 0 amide bonds. The second-order valence-electron chi connectivity index (χ2n) is 5.24. The van der Waals surface area contributed by atoms with Gasteiger partial charge in [0, 0.05) is 13.1 Å². The van der Waals surface area contributed by atoms with E-state index in [9.17, 15) is 4.79 Å². The minimum atomic E-state index is -0.682. The number of nitrogens with zero attached hydrogens (tertiary/aromatic N) is 1. The number of carbonyl (C=O) groups is 1. The zero-order valence-electron chi connectivity index (χ0n) is 11.6. The summed E-state index contributed by atoms with van der Waals surface area (Å²) in [5, 5.41) is 8.94. The van der Waals surface area contributed by atoms with E-state index >= 15 is 0 Å². The van der Waals surface area contributed by atoms with Crippen LogP contribution < -0.4 is 4.74 Å². The number of rotatable bonds is 5. The van der Waals surface area contributed by atoms with Crippen molar-refractivity contribution in [2.45, 2.75) is 20.3 Å². The third-order valence-corrected chi connectivity index (χ3v) is 3.63. The maximum atomic E-state index is 10.9. The van der Waals surface area contributed by atoms with Crippen molar-refractivity contribution >= 4 is 5.97 Å². The Kier molecular flexibility index (Phi) is 4.43. The van der Waals surface area contributed by atoms with Crippen molar-refractivity contribution in [1.82, 2.24) is 4.90 Å². The Balaban J connectivity index is 1.78. The highest BCUT2D eigenvalue weighted by molar-refractivity contribution is 5.70. The lowest BCUT2D eigenvalue weighted by molar-refractivity contribution is -0.141. The minimum absolute atomic E-state index is 0.208. The van der Waals surface area contributed by atoms with Gasteiger partial charge in [-0.3, -0.25) is 9.69 Å². The lowest BCUT2D eigenvalue weighted by atomic mass is 10.1. The van der Waals surface area contributed by atoms with Crippen LogP contribution >= 0.6 is 0 Å². The molecule has 1 N–H and O–H groups in total. The average Bonchev–Trinajstić information content (AvgIpc) is 2.82. The third-order valence-electron chi connectivity index (χ3n) is 3.63. The van der Waals surface area contributed by atoms with Crippen LogP contribution in [0.4, 0.5) is 0 Å². The highest BCUT2D eigenvalue weighted by Gasteiger charge is 2.27. The van der Waals surface area contributed by atoms with E-state index < -0.39 is 5.97 Å². The molecule has 1 atom stereocenters. The fourth-order valence-electron chi connectivity index (χ4n) is 2.38. The van der Waals surface area contributed by atoms with E-state index in [1.807, 2.05) is 19.9 Å². The van der Waals surface area contributed by atoms with Crippen LogP contribution in [0.2, 0.25) is 0 Å². The SMILES string of the molecule is Cc1ccc(C)c(OCCN2CC[C@@H](C(=O)O)C2)c1. The molecule has 0 bridgehead atoms. The third kappa shape index (κ3) is 3.70. The minimum Gasteiger partial charge on any atom is -0.492 e. The van der Waals surface area contributed by atoms with E-state index in [0.717, 1.165) is 30.8 Å². The van der Waals surface area contributed by atoms with E-state index in [4.69, 9.17) is 9.84 Å². The first-order chi connectivity index (χ1) is 9.06. The van der Waals surface area contributed by atoms with Crippen LogP contribution in [0.1, 0.15) is 17.5 Å². The van der Waals surface area contributed by atoms with E-state index in [2.05, 4.69) is 17.0 Å². The van der Waals surface area contributed by atoms with E-state index in [-0.39, 0.29) is 5.92 Å². The number of aliphatic carboxylic acids is 1. The summed E-state index contributed by atoms with van der Waals surface area (Å²) in [6.07, 6.45) is 0.749. The molecule has 1 aromatic rings. The Bertz CT molecular complexity index is 459. The molecule has 0 spiro atoms. The molecule has 104 valence electrons. The van der Waals surface area contributed by atoms with E-state index in [1.165, 1.54) is 5.56 Å². The molecule has 0 aromatic heterocycles. The first-order valence-electron chi connectivity index (χ1n) is 6.71. The molecule has 4 heteroatoms. The van der Waals surface area contributed by atoms with Crippen LogP contribution in [0.25, 0.3) is 0 Å². The quantitative estimate of drug-likeness (QED) is 0.883. The predicted molar refractivity (Wildman–Crippen MR) is 73.6 cm³/mol. The molecule has 1 fully saturated rings. The van der Waals surface area contributed by atoms with Crippen LogP contribution in [0, 0.1) is 19.8 Å². The standard InChI is InChI=1S/C15H21NO3/c1-11-3-4-12(2)14(9-11)19-8-7-16-6-5-13(10-16)15(17)18/h3-4,9,13H,5-8,10H2,1-2H3,(H,17,18)/t13-/m1/s1. The van der Waals surface area contributed by atoms with Crippen LogP contribution in [0.3, 0.4) is 0 Å². The van der Waals surface area contributed by atoms with Gasteiger partial charge in [-0.25, -0.2) is 0 Å². The smallest absolute Gasteiger partial charge is 0.307 e. The number of ether oxygens (including phenoxy) is 1. The normalized spacial score (nSPS) is 19.6. The monoisotopic (exact) mass is 263 g/mol. The molecular formula is C15H21NO3. The zero-order chi connectivity index (χ0) is 13.8. The summed E-state index contributed by atoms with van der Waals surface area (Å²) < 4.78 is 5.79. The lowest BCUT2D eigenvalue weighted by Gasteiger charge is -2.16. The van der Waals surface area contributed by atoms with Crippen LogP contribution in [0.15, 0.2) is 18.2 Å². The average molecular weight is 263 g/mol. The Morgan fingerprint density at radius 2 is 2.26 bits per heavy atom. The lowest BCUT2D eigenvalue weighted by Crippen LogP contribution is -2.27. The molecule has 2 rings (SSSR count). The number of benzene rings is 1. The molecule has 4 nitrogen and oxygen atoms in total. The van der Waals surface area contributed by atoms with Crippen molar-refractivity contribution in [3.05, 3.63) is 29.3 Å². The van der Waals surface area contributed by atoms with Gasteiger partial charge in [-0.2, -0.15) is 0 Å². The fraction of sp³-hybridized carbons (Fsp3) is 0.533. The number of hydrogen-bond acceptors (Lipinski definition) is 3. The summed E-state index contributed by atoms with van der Waals surface area (Å²) in [7, 11) is 0. The number of likely N-dealkylation sites (tertiary alicyclic amines) is 1. The van der Waals surface area contributed by atoms with Gasteiger partial charge in [-0.15, -0.1) is 0 Å². The topological polar surface area (TPSA) is 49.8 Å². The Morgan fingerprint density at radius 3 is 2.95 bits per heavy atom. The largest absolute Gasteiger partial charge is 0.492 e. The van der Waals surface area contributed by atoms with Crippen LogP contribution in [0.5, 0.6) is 5.75 Å². The zero-order valence-corrected chi connectivity index (χ0v) is 11.6. The Hall–Kier alpha value is -1.55. The molecule has 1 heterocycles. The maximum absolute atomic E-state index is 10.9. The van der Waals surface area contributed by atoms with E-state index in [0.29, 0.717) is 13.2 Å². The Morgan fingerprint density at radius 1 is 1.47 bits per heavy atom. The van der Waals surface area contributed by atoms with Gasteiger partial charge in [0.1, 0.15) is 12.4 Å². The molecule has 0 aliphatic carbocycles. The van der Waals surface area contributed by atoms with Crippen molar-refractivity contribution in [2.24, 2.45) is 5.92 Å². The number of hydrogen-bond donors (Lipinski definition) is 1. The highest BCUT2D eigenvalue weighted by atomic mass is 16.5. The molecule has 1 saturated heterocycles. The molecule has 0 radical (unpaired) electrons. The number of carboxylic acid groups (broad SMARTS) is 1. The van der Waals surface area contributed by atoms with Crippen LogP contribution in [-0.4, -0.2) is 42.2 Å². The molecule has 0 saturated carbocycles. The highest BCUT2D eigenvalue weighted by Crippen LogP contribution is 2.20. The van der Waals surface area contributed by atoms with E-state index in [1.54, 1.807) is 0 Å². The summed E-state index contributed by atoms with van der Waals surface area (Å²) in [6.45, 7) is 6.97. The van der Waals surface area contributed by atoms with Crippen molar-refractivity contribution in [3.63, 3.8) is 0 Å². The number of aryl methyl sites for hydroxylation is 2. The molecule has 0 unspecified atom stereocenters. The second-order valence-corrected chi connectivity index (χ2v) is 5.24. The van der Waals surface area contributed by atoms with Gasteiger partial charge in [0.2, 0.25) is 0 Å². The summed E-state index contributed by atoms with van der Waals surface area (Å²) in [4.78, 5) is 13.0. The van der Waals surface area contributed by atoms with Gasteiger partial charge >= 0.3 is 5.97 Å². The summed E-state index contributed by atoms with van der Waals surface area (Å²) in [5.41, 5.74) is 2.32. The first-order valence-corrected chi connectivity index (χ1v) is 6.71. The predicted octanol–water partition coefficient (Wildman–Crippen LogP) is 2.09. The van der Waals surface area contributed by atoms with Gasteiger partial charge < -0.3 is 9.84 Å². The molecule has 19 heavy (non-hydrogen) atoms. The first kappa shape index (κ1) is 13.9.